The lowest BCUT2D eigenvalue weighted by molar-refractivity contribution is 0.251. The van der Waals surface area contributed by atoms with Crippen LogP contribution in [0.5, 0.6) is 0 Å². The van der Waals surface area contributed by atoms with Crippen LogP contribution in [-0.4, -0.2) is 27.3 Å². The molecule has 0 amide bonds. The van der Waals surface area contributed by atoms with Gasteiger partial charge in [0.2, 0.25) is 0 Å². The van der Waals surface area contributed by atoms with Gasteiger partial charge < -0.3 is 9.47 Å². The van der Waals surface area contributed by atoms with Crippen LogP contribution >= 0.6 is 0 Å². The summed E-state index contributed by atoms with van der Waals surface area (Å²) in [6, 6.07) is 0. The van der Waals surface area contributed by atoms with Gasteiger partial charge in [-0.2, -0.15) is 0 Å². The maximum atomic E-state index is 4.65. The first-order valence-corrected chi connectivity index (χ1v) is 2.74. The van der Waals surface area contributed by atoms with E-state index in [4.69, 9.17) is 0 Å². The van der Waals surface area contributed by atoms with Gasteiger partial charge in [0.1, 0.15) is 0 Å². The number of nitrogens with zero attached hydrogens (tertiary/aromatic N) is 1. The first kappa shape index (κ1) is 8.88. The van der Waals surface area contributed by atoms with Gasteiger partial charge in [-0.3, -0.25) is 0 Å². The van der Waals surface area contributed by atoms with Crippen LogP contribution in [0.15, 0.2) is 0 Å². The Morgan fingerprint density at radius 1 is 1.11 bits per heavy atom. The summed E-state index contributed by atoms with van der Waals surface area (Å²) in [6.07, 6.45) is 0. The lowest BCUT2D eigenvalue weighted by atomic mass is 10.6. The zero-order chi connectivity index (χ0) is 6.95. The van der Waals surface area contributed by atoms with Crippen LogP contribution in [0.1, 0.15) is 0 Å². The van der Waals surface area contributed by atoms with E-state index >= 15 is 0 Å². The van der Waals surface area contributed by atoms with Gasteiger partial charge >= 0.3 is 0 Å². The summed E-state index contributed by atoms with van der Waals surface area (Å²) < 4.78 is 9.30. The monoisotopic (exact) mass is 130 g/mol. The quantitative estimate of drug-likeness (QED) is 0.481. The van der Waals surface area contributed by atoms with Crippen molar-refractivity contribution in [2.24, 2.45) is 0 Å². The van der Waals surface area contributed by atoms with Crippen LogP contribution in [0.2, 0.25) is 0 Å². The van der Waals surface area contributed by atoms with Gasteiger partial charge in [0.05, 0.1) is 13.2 Å². The maximum absolute atomic E-state index is 4.65. The highest BCUT2D eigenvalue weighted by molar-refractivity contribution is 4.58. The van der Waals surface area contributed by atoms with Gasteiger partial charge in [0, 0.05) is 27.3 Å². The Morgan fingerprint density at radius 2 is 1.56 bits per heavy atom. The fourth-order valence-corrected chi connectivity index (χ4v) is 0.329. The Balaban J connectivity index is 2.60. The Bertz CT molecular complexity index is 44.3. The number of ether oxygens (including phenoxy) is 2. The molecule has 0 rings (SSSR count). The van der Waals surface area contributed by atoms with E-state index in [1.165, 1.54) is 0 Å². The van der Waals surface area contributed by atoms with Gasteiger partial charge in [-0.05, 0) is 0 Å². The molecule has 0 N–H and O–H groups in total. The molecule has 0 aliphatic carbocycles. The predicted molar refractivity (Wildman–Crippen MR) is 34.5 cm³/mol. The average molecular weight is 130 g/mol. The molecule has 0 aliphatic rings. The summed E-state index contributed by atoms with van der Waals surface area (Å²) in [5, 5.41) is 3.99. The van der Waals surface area contributed by atoms with E-state index in [1.54, 1.807) is 27.4 Å². The molecule has 0 unspecified atom stereocenters. The first-order valence-electron chi connectivity index (χ1n) is 2.74. The number of hydrogen-bond acceptors (Lipinski definition) is 2. The fraction of sp³-hybridized carbons (Fsp3) is 0.667. The molecule has 3 heteroatoms. The summed E-state index contributed by atoms with van der Waals surface area (Å²) in [5.41, 5.74) is 0. The highest BCUT2D eigenvalue weighted by atomic mass is 16.5. The molecule has 0 fully saturated rings. The normalized spacial score (nSPS) is 10.0. The topological polar surface area (TPSA) is 32.6 Å². The van der Waals surface area contributed by atoms with Crippen molar-refractivity contribution in [3.05, 3.63) is 13.2 Å². The molecule has 53 valence electrons. The molecule has 0 aromatic carbocycles. The van der Waals surface area contributed by atoms with E-state index in [1.807, 2.05) is 0 Å². The lowest BCUT2D eigenvalue weighted by Crippen LogP contribution is -2.10. The molecule has 3 radical (unpaired) electrons. The standard InChI is InChI=1S/C6H12NO2/c1-8-5-3-7-4-6-9-2/h5-6H,3-4H2,1-2H3. The van der Waals surface area contributed by atoms with Crippen molar-refractivity contribution in [3.8, 4) is 0 Å². The first-order chi connectivity index (χ1) is 4.41. The number of rotatable bonds is 6. The van der Waals surface area contributed by atoms with Crippen LogP contribution in [-0.2, 0) is 9.47 Å². The molecule has 0 saturated heterocycles. The zero-order valence-corrected chi connectivity index (χ0v) is 5.83. The molecular formula is C6H12NO2. The Labute approximate surface area is 56.3 Å². The van der Waals surface area contributed by atoms with E-state index in [0.717, 1.165) is 0 Å². The highest BCUT2D eigenvalue weighted by Crippen LogP contribution is 1.77. The third kappa shape index (κ3) is 7.88. The third-order valence-corrected chi connectivity index (χ3v) is 0.741. The van der Waals surface area contributed by atoms with Crippen molar-refractivity contribution in [2.75, 3.05) is 27.3 Å². The second-order valence-electron chi connectivity index (χ2n) is 1.39. The third-order valence-electron chi connectivity index (χ3n) is 0.741. The SMILES string of the molecule is CO[CH]C[N]C[CH]OC. The maximum Gasteiger partial charge on any atom is 0.0986 e. The number of hydrogen-bond donors (Lipinski definition) is 0. The van der Waals surface area contributed by atoms with Gasteiger partial charge in [-0.25, -0.2) is 5.32 Å². The molecule has 0 bridgehead atoms. The molecule has 0 spiro atoms. The largest absolute Gasteiger partial charge is 0.377 e. The molecule has 0 heterocycles. The molecule has 0 aliphatic heterocycles. The van der Waals surface area contributed by atoms with Crippen LogP contribution in [0.3, 0.4) is 0 Å². The van der Waals surface area contributed by atoms with Gasteiger partial charge in [0.25, 0.3) is 0 Å². The lowest BCUT2D eigenvalue weighted by Gasteiger charge is -1.97. The van der Waals surface area contributed by atoms with Crippen molar-refractivity contribution < 1.29 is 9.47 Å². The Kier molecular flexibility index (Phi) is 7.77. The van der Waals surface area contributed by atoms with Crippen molar-refractivity contribution in [1.82, 2.24) is 5.32 Å². The van der Waals surface area contributed by atoms with E-state index < -0.39 is 0 Å². The number of methoxy groups -OCH3 is 2. The smallest absolute Gasteiger partial charge is 0.0986 e. The molecule has 0 aromatic heterocycles. The molecule has 9 heavy (non-hydrogen) atoms. The van der Waals surface area contributed by atoms with Crippen molar-refractivity contribution >= 4 is 0 Å². The summed E-state index contributed by atoms with van der Waals surface area (Å²) in [4.78, 5) is 0. The van der Waals surface area contributed by atoms with Crippen molar-refractivity contribution in [3.63, 3.8) is 0 Å². The average Bonchev–Trinajstić information content (AvgIpc) is 1.89. The molecule has 0 atom stereocenters. The van der Waals surface area contributed by atoms with Crippen LogP contribution in [0.4, 0.5) is 0 Å². The second-order valence-corrected chi connectivity index (χ2v) is 1.39. The van der Waals surface area contributed by atoms with Crippen molar-refractivity contribution in [2.45, 2.75) is 0 Å². The predicted octanol–water partition coefficient (Wildman–Crippen LogP) is 0.207. The minimum absolute atomic E-state index is 0.621. The summed E-state index contributed by atoms with van der Waals surface area (Å²) >= 11 is 0. The van der Waals surface area contributed by atoms with E-state index in [-0.39, 0.29) is 0 Å². The minimum Gasteiger partial charge on any atom is -0.377 e. The van der Waals surface area contributed by atoms with E-state index in [9.17, 15) is 0 Å². The van der Waals surface area contributed by atoms with Gasteiger partial charge in [-0.1, -0.05) is 0 Å². The van der Waals surface area contributed by atoms with E-state index in [2.05, 4.69) is 14.8 Å². The molecule has 3 nitrogen and oxygen atoms in total. The van der Waals surface area contributed by atoms with Crippen molar-refractivity contribution in [1.29, 1.82) is 0 Å². The van der Waals surface area contributed by atoms with Gasteiger partial charge in [-0.15, -0.1) is 0 Å². The van der Waals surface area contributed by atoms with Crippen LogP contribution < -0.4 is 5.32 Å². The second kappa shape index (κ2) is 7.88. The summed E-state index contributed by atoms with van der Waals surface area (Å²) in [5.74, 6) is 0. The summed E-state index contributed by atoms with van der Waals surface area (Å²) in [7, 11) is 3.21. The van der Waals surface area contributed by atoms with Crippen LogP contribution in [0, 0.1) is 13.2 Å². The minimum atomic E-state index is 0.621. The fourth-order valence-electron chi connectivity index (χ4n) is 0.329. The Morgan fingerprint density at radius 3 is 1.89 bits per heavy atom. The Hall–Kier alpha value is -0.120. The highest BCUT2D eigenvalue weighted by Gasteiger charge is 1.86. The summed E-state index contributed by atoms with van der Waals surface area (Å²) in [6.45, 7) is 4.50. The molecule has 0 aromatic rings. The van der Waals surface area contributed by atoms with E-state index in [0.29, 0.717) is 13.1 Å². The zero-order valence-electron chi connectivity index (χ0n) is 5.83. The van der Waals surface area contributed by atoms with Crippen LogP contribution in [0.25, 0.3) is 0 Å². The molecule has 0 saturated carbocycles. The van der Waals surface area contributed by atoms with Gasteiger partial charge in [0.15, 0.2) is 0 Å². The molecular weight excluding hydrogens is 118 g/mol.